The van der Waals surface area contributed by atoms with Crippen LogP contribution < -0.4 is 0 Å². The van der Waals surface area contributed by atoms with Crippen LogP contribution in [0.15, 0.2) is 0 Å². The number of carbonyl (C=O) groups is 1. The highest BCUT2D eigenvalue weighted by Crippen LogP contribution is 2.00. The fourth-order valence-electron chi connectivity index (χ4n) is 0.288. The third kappa shape index (κ3) is 5.26. The minimum absolute atomic E-state index is 0.136. The monoisotopic (exact) mass is 134 g/mol. The van der Waals surface area contributed by atoms with Gasteiger partial charge in [-0.25, -0.2) is 0 Å². The summed E-state index contributed by atoms with van der Waals surface area (Å²) in [4.78, 5) is 10.3. The van der Waals surface area contributed by atoms with Gasteiger partial charge in [0.1, 0.15) is 0 Å². The Morgan fingerprint density at radius 3 is 2.22 bits per heavy atom. The summed E-state index contributed by atoms with van der Waals surface area (Å²) in [6.07, 6.45) is 0.136. The maximum atomic E-state index is 10.3. The third-order valence-corrected chi connectivity index (χ3v) is 0.596. The highest BCUT2D eigenvalue weighted by atomic mass is 16.8. The van der Waals surface area contributed by atoms with Crippen LogP contribution in [0.2, 0.25) is 0 Å². The lowest BCUT2D eigenvalue weighted by Gasteiger charge is -2.14. The summed E-state index contributed by atoms with van der Waals surface area (Å²) in [7, 11) is 0. The summed E-state index contributed by atoms with van der Waals surface area (Å²) < 4.78 is 4.06. The maximum Gasteiger partial charge on any atom is 0.321 e. The van der Waals surface area contributed by atoms with Gasteiger partial charge >= 0.3 is 11.9 Å². The van der Waals surface area contributed by atoms with E-state index in [9.17, 15) is 4.79 Å². The summed E-state index contributed by atoms with van der Waals surface area (Å²) in [6, 6.07) is 0. The van der Waals surface area contributed by atoms with Crippen LogP contribution >= 0.6 is 0 Å². The Morgan fingerprint density at radius 2 is 2.11 bits per heavy atom. The van der Waals surface area contributed by atoms with Crippen molar-refractivity contribution in [3.05, 3.63) is 0 Å². The average Bonchev–Trinajstić information content (AvgIpc) is 1.62. The number of carbonyl (C=O) groups excluding carboxylic acids is 1. The molecule has 0 aromatic heterocycles. The first-order valence-corrected chi connectivity index (χ1v) is 2.62. The van der Waals surface area contributed by atoms with Crippen LogP contribution in [-0.2, 0) is 9.53 Å². The Hall–Kier alpha value is -0.610. The van der Waals surface area contributed by atoms with Gasteiger partial charge in [0.05, 0.1) is 0 Å². The number of hydrogen-bond donors (Lipinski definition) is 2. The third-order valence-electron chi connectivity index (χ3n) is 0.596. The first-order valence-electron chi connectivity index (χ1n) is 2.62. The molecule has 0 radical (unpaired) electrons. The highest BCUT2D eigenvalue weighted by Gasteiger charge is 2.19. The van der Waals surface area contributed by atoms with E-state index in [0.717, 1.165) is 6.92 Å². The predicted octanol–water partition coefficient (Wildman–Crippen LogP) is -0.402. The SMILES string of the molecule is CCC(=O)OC(C)(O)O. The van der Waals surface area contributed by atoms with Crippen LogP contribution in [0.4, 0.5) is 0 Å². The first kappa shape index (κ1) is 8.39. The quantitative estimate of drug-likeness (QED) is 0.398. The predicted molar refractivity (Wildman–Crippen MR) is 29.2 cm³/mol. The van der Waals surface area contributed by atoms with Crippen molar-refractivity contribution in [2.75, 3.05) is 0 Å². The van der Waals surface area contributed by atoms with Gasteiger partial charge in [-0.1, -0.05) is 6.92 Å². The molecule has 0 spiro atoms. The lowest BCUT2D eigenvalue weighted by molar-refractivity contribution is -0.306. The van der Waals surface area contributed by atoms with Crippen LogP contribution in [0.3, 0.4) is 0 Å². The molecule has 54 valence electrons. The standard InChI is InChI=1S/C5H10O4/c1-3-4(6)9-5(2,7)8/h7-8H,3H2,1-2H3. The fraction of sp³-hybridized carbons (Fsp3) is 0.800. The fourth-order valence-corrected chi connectivity index (χ4v) is 0.288. The largest absolute Gasteiger partial charge is 0.408 e. The van der Waals surface area contributed by atoms with E-state index in [2.05, 4.69) is 4.74 Å². The zero-order valence-electron chi connectivity index (χ0n) is 5.42. The van der Waals surface area contributed by atoms with Gasteiger partial charge in [-0.05, 0) is 0 Å². The summed E-state index contributed by atoms with van der Waals surface area (Å²) in [5.41, 5.74) is 0. The Labute approximate surface area is 53.1 Å². The second-order valence-electron chi connectivity index (χ2n) is 1.76. The van der Waals surface area contributed by atoms with Gasteiger partial charge < -0.3 is 14.9 Å². The van der Waals surface area contributed by atoms with Gasteiger partial charge in [0.25, 0.3) is 0 Å². The lowest BCUT2D eigenvalue weighted by atomic mass is 10.5. The summed E-state index contributed by atoms with van der Waals surface area (Å²) >= 11 is 0. The van der Waals surface area contributed by atoms with Crippen molar-refractivity contribution in [1.29, 1.82) is 0 Å². The minimum atomic E-state index is -2.33. The molecule has 0 aromatic carbocycles. The Kier molecular flexibility index (Phi) is 2.61. The van der Waals surface area contributed by atoms with Crippen molar-refractivity contribution < 1.29 is 19.7 Å². The van der Waals surface area contributed by atoms with Gasteiger partial charge in [0.15, 0.2) is 0 Å². The van der Waals surface area contributed by atoms with E-state index in [-0.39, 0.29) is 6.42 Å². The number of esters is 1. The van der Waals surface area contributed by atoms with Crippen LogP contribution in [0.25, 0.3) is 0 Å². The molecule has 0 aliphatic heterocycles. The molecular formula is C5H10O4. The van der Waals surface area contributed by atoms with Crippen molar-refractivity contribution in [2.24, 2.45) is 0 Å². The van der Waals surface area contributed by atoms with Crippen molar-refractivity contribution in [1.82, 2.24) is 0 Å². The average molecular weight is 134 g/mol. The number of ether oxygens (including phenoxy) is 1. The Balaban J connectivity index is 3.60. The van der Waals surface area contributed by atoms with Crippen LogP contribution in [0.5, 0.6) is 0 Å². The molecule has 9 heavy (non-hydrogen) atoms. The topological polar surface area (TPSA) is 66.8 Å². The number of hydrogen-bond acceptors (Lipinski definition) is 4. The van der Waals surface area contributed by atoms with E-state index in [4.69, 9.17) is 10.2 Å². The van der Waals surface area contributed by atoms with Crippen LogP contribution in [0.1, 0.15) is 20.3 Å². The smallest absolute Gasteiger partial charge is 0.321 e. The minimum Gasteiger partial charge on any atom is -0.408 e. The Morgan fingerprint density at radius 1 is 1.67 bits per heavy atom. The Bertz CT molecular complexity index is 102. The van der Waals surface area contributed by atoms with Crippen LogP contribution in [0, 0.1) is 0 Å². The zero-order chi connectivity index (χ0) is 7.49. The van der Waals surface area contributed by atoms with Gasteiger partial charge in [-0.2, -0.15) is 0 Å². The molecule has 0 bridgehead atoms. The molecule has 0 rings (SSSR count). The maximum absolute atomic E-state index is 10.3. The molecule has 0 aliphatic rings. The molecule has 0 unspecified atom stereocenters. The molecular weight excluding hydrogens is 124 g/mol. The van der Waals surface area contributed by atoms with Gasteiger partial charge in [-0.3, -0.25) is 4.79 Å². The molecule has 0 atom stereocenters. The van der Waals surface area contributed by atoms with Crippen molar-refractivity contribution in [2.45, 2.75) is 26.2 Å². The summed E-state index contributed by atoms with van der Waals surface area (Å²) in [6.45, 7) is 2.54. The molecule has 0 heterocycles. The molecule has 2 N–H and O–H groups in total. The second kappa shape index (κ2) is 2.80. The molecule has 0 saturated heterocycles. The molecule has 0 aromatic rings. The normalized spacial score (nSPS) is 11.1. The van der Waals surface area contributed by atoms with E-state index in [1.165, 1.54) is 0 Å². The van der Waals surface area contributed by atoms with E-state index in [1.54, 1.807) is 6.92 Å². The molecule has 0 aliphatic carbocycles. The van der Waals surface area contributed by atoms with Gasteiger partial charge in [0.2, 0.25) is 0 Å². The second-order valence-corrected chi connectivity index (χ2v) is 1.76. The van der Waals surface area contributed by atoms with Gasteiger partial charge in [0, 0.05) is 13.3 Å². The lowest BCUT2D eigenvalue weighted by Crippen LogP contribution is -2.30. The van der Waals surface area contributed by atoms with E-state index in [0.29, 0.717) is 0 Å². The van der Waals surface area contributed by atoms with Crippen LogP contribution in [-0.4, -0.2) is 22.2 Å². The molecule has 0 fully saturated rings. The molecule has 4 heteroatoms. The van der Waals surface area contributed by atoms with Gasteiger partial charge in [-0.15, -0.1) is 0 Å². The van der Waals surface area contributed by atoms with Crippen molar-refractivity contribution in [3.63, 3.8) is 0 Å². The van der Waals surface area contributed by atoms with E-state index >= 15 is 0 Å². The molecule has 0 saturated carbocycles. The van der Waals surface area contributed by atoms with Crippen molar-refractivity contribution >= 4 is 5.97 Å². The summed E-state index contributed by atoms with van der Waals surface area (Å²) in [5, 5.41) is 16.9. The highest BCUT2D eigenvalue weighted by molar-refractivity contribution is 5.69. The summed E-state index contributed by atoms with van der Waals surface area (Å²) in [5.74, 6) is -2.96. The zero-order valence-corrected chi connectivity index (χ0v) is 5.42. The first-order chi connectivity index (χ1) is 3.95. The van der Waals surface area contributed by atoms with E-state index in [1.807, 2.05) is 0 Å². The molecule has 0 amide bonds. The van der Waals surface area contributed by atoms with E-state index < -0.39 is 11.9 Å². The number of aliphatic hydroxyl groups is 2. The molecule has 4 nitrogen and oxygen atoms in total. The number of rotatable bonds is 2. The van der Waals surface area contributed by atoms with Crippen molar-refractivity contribution in [3.8, 4) is 0 Å².